The topological polar surface area (TPSA) is 67.4 Å². The lowest BCUT2D eigenvalue weighted by Crippen LogP contribution is -2.44. The van der Waals surface area contributed by atoms with E-state index >= 15 is 0 Å². The van der Waals surface area contributed by atoms with Crippen molar-refractivity contribution in [1.29, 1.82) is 0 Å². The quantitative estimate of drug-likeness (QED) is 0.469. The van der Waals surface area contributed by atoms with Gasteiger partial charge in [0.2, 0.25) is 5.91 Å². The monoisotopic (exact) mass is 230 g/mol. The van der Waals surface area contributed by atoms with E-state index in [4.69, 9.17) is 4.74 Å². The predicted octanol–water partition coefficient (Wildman–Crippen LogP) is 0.444. The lowest BCUT2D eigenvalue weighted by atomic mass is 10.3. The Labute approximate surface area is 96.9 Å². The van der Waals surface area contributed by atoms with Crippen LogP contribution in [0.5, 0.6) is 0 Å². The van der Waals surface area contributed by atoms with Crippen molar-refractivity contribution in [3.8, 4) is 0 Å². The smallest absolute Gasteiger partial charge is 0.319 e. The summed E-state index contributed by atoms with van der Waals surface area (Å²) in [5.41, 5.74) is 0. The molecule has 16 heavy (non-hydrogen) atoms. The van der Waals surface area contributed by atoms with Crippen LogP contribution in [0.3, 0.4) is 0 Å². The highest BCUT2D eigenvalue weighted by Gasteiger charge is 2.12. The Hall–Kier alpha value is -1.10. The Morgan fingerprint density at radius 1 is 1.31 bits per heavy atom. The van der Waals surface area contributed by atoms with E-state index in [0.717, 1.165) is 12.8 Å². The molecule has 1 unspecified atom stereocenters. The van der Waals surface area contributed by atoms with Gasteiger partial charge in [-0.3, -0.25) is 14.9 Å². The number of carbonyl (C=O) groups excluding carboxylic acids is 2. The number of esters is 1. The molecule has 0 saturated carbocycles. The van der Waals surface area contributed by atoms with E-state index < -0.39 is 0 Å². The number of likely N-dealkylation sites (N-methyl/N-ethyl adjacent to an activating group) is 1. The summed E-state index contributed by atoms with van der Waals surface area (Å²) in [6, 6.07) is -0.376. The minimum Gasteiger partial charge on any atom is -0.465 e. The summed E-state index contributed by atoms with van der Waals surface area (Å²) in [6.45, 7) is 6.71. The molecule has 0 aromatic heterocycles. The summed E-state index contributed by atoms with van der Waals surface area (Å²) in [4.78, 5) is 22.5. The molecule has 0 radical (unpaired) electrons. The predicted molar refractivity (Wildman–Crippen MR) is 62.0 cm³/mol. The summed E-state index contributed by atoms with van der Waals surface area (Å²) in [5, 5.41) is 5.48. The lowest BCUT2D eigenvalue weighted by Gasteiger charge is -2.12. The van der Waals surface area contributed by atoms with Crippen molar-refractivity contribution < 1.29 is 14.3 Å². The van der Waals surface area contributed by atoms with Crippen LogP contribution >= 0.6 is 0 Å². The minimum absolute atomic E-state index is 0.0714. The van der Waals surface area contributed by atoms with Crippen molar-refractivity contribution in [3.05, 3.63) is 0 Å². The fourth-order valence-electron chi connectivity index (χ4n) is 1.04. The number of nitrogens with one attached hydrogen (secondary N) is 2. The van der Waals surface area contributed by atoms with Gasteiger partial charge in [-0.2, -0.15) is 0 Å². The maximum Gasteiger partial charge on any atom is 0.319 e. The molecule has 0 saturated heterocycles. The number of unbranched alkanes of at least 4 members (excludes halogenated alkanes) is 1. The van der Waals surface area contributed by atoms with Crippen LogP contribution in [0.15, 0.2) is 0 Å². The zero-order valence-electron chi connectivity index (χ0n) is 10.3. The molecule has 1 amide bonds. The lowest BCUT2D eigenvalue weighted by molar-refractivity contribution is -0.142. The molecular weight excluding hydrogens is 208 g/mol. The van der Waals surface area contributed by atoms with Gasteiger partial charge >= 0.3 is 5.97 Å². The van der Waals surface area contributed by atoms with Gasteiger partial charge in [0, 0.05) is 6.54 Å². The normalized spacial score (nSPS) is 11.9. The third kappa shape index (κ3) is 7.23. The van der Waals surface area contributed by atoms with Gasteiger partial charge in [0.1, 0.15) is 0 Å². The standard InChI is InChI=1S/C11H22N2O3/c1-4-6-7-16-10(14)8-13-9(3)11(15)12-5-2/h9,13H,4-8H2,1-3H3,(H,12,15). The Morgan fingerprint density at radius 2 is 2.00 bits per heavy atom. The summed E-state index contributed by atoms with van der Waals surface area (Å²) in [6.07, 6.45) is 1.87. The Balaban J connectivity index is 3.62. The molecule has 0 spiro atoms. The summed E-state index contributed by atoms with van der Waals surface area (Å²) >= 11 is 0. The van der Waals surface area contributed by atoms with Crippen LogP contribution < -0.4 is 10.6 Å². The van der Waals surface area contributed by atoms with Crippen molar-refractivity contribution in [2.75, 3.05) is 19.7 Å². The number of rotatable bonds is 8. The van der Waals surface area contributed by atoms with Crippen LogP contribution in [-0.2, 0) is 14.3 Å². The molecule has 0 aliphatic rings. The first-order valence-corrected chi connectivity index (χ1v) is 5.78. The maximum absolute atomic E-state index is 11.3. The van der Waals surface area contributed by atoms with Crippen molar-refractivity contribution in [1.82, 2.24) is 10.6 Å². The third-order valence-corrected chi connectivity index (χ3v) is 2.06. The molecule has 5 nitrogen and oxygen atoms in total. The van der Waals surface area contributed by atoms with E-state index in [0.29, 0.717) is 13.2 Å². The van der Waals surface area contributed by atoms with Crippen molar-refractivity contribution in [3.63, 3.8) is 0 Å². The molecule has 0 heterocycles. The Kier molecular flexibility index (Phi) is 8.52. The zero-order chi connectivity index (χ0) is 12.4. The molecule has 0 aromatic carbocycles. The summed E-state index contributed by atoms with van der Waals surface area (Å²) in [7, 11) is 0. The summed E-state index contributed by atoms with van der Waals surface area (Å²) in [5.74, 6) is -0.423. The van der Waals surface area contributed by atoms with Gasteiger partial charge < -0.3 is 10.1 Å². The van der Waals surface area contributed by atoms with Gasteiger partial charge in [0.25, 0.3) is 0 Å². The number of amides is 1. The van der Waals surface area contributed by atoms with E-state index in [2.05, 4.69) is 10.6 Å². The van der Waals surface area contributed by atoms with Gasteiger partial charge in [0.05, 0.1) is 19.2 Å². The van der Waals surface area contributed by atoms with Crippen LogP contribution in [0.4, 0.5) is 0 Å². The van der Waals surface area contributed by atoms with Crippen LogP contribution in [0.25, 0.3) is 0 Å². The fourth-order valence-corrected chi connectivity index (χ4v) is 1.04. The van der Waals surface area contributed by atoms with Crippen LogP contribution in [0, 0.1) is 0 Å². The molecular formula is C11H22N2O3. The van der Waals surface area contributed by atoms with Gasteiger partial charge in [-0.05, 0) is 20.3 Å². The molecule has 0 rings (SSSR count). The molecule has 0 bridgehead atoms. The number of hydrogen-bond donors (Lipinski definition) is 2. The second-order valence-corrected chi connectivity index (χ2v) is 3.57. The van der Waals surface area contributed by atoms with E-state index in [1.165, 1.54) is 0 Å². The third-order valence-electron chi connectivity index (χ3n) is 2.06. The molecule has 5 heteroatoms. The molecule has 94 valence electrons. The molecule has 2 N–H and O–H groups in total. The average molecular weight is 230 g/mol. The molecule has 0 aliphatic carbocycles. The van der Waals surface area contributed by atoms with E-state index in [-0.39, 0.29) is 24.5 Å². The first kappa shape index (κ1) is 14.9. The maximum atomic E-state index is 11.3. The SMILES string of the molecule is CCCCOC(=O)CNC(C)C(=O)NCC. The zero-order valence-corrected chi connectivity index (χ0v) is 10.3. The van der Waals surface area contributed by atoms with Gasteiger partial charge in [-0.15, -0.1) is 0 Å². The highest BCUT2D eigenvalue weighted by atomic mass is 16.5. The van der Waals surface area contributed by atoms with Gasteiger partial charge in [-0.1, -0.05) is 13.3 Å². The molecule has 0 fully saturated rings. The molecule has 0 aliphatic heterocycles. The number of hydrogen-bond acceptors (Lipinski definition) is 4. The average Bonchev–Trinajstić information content (AvgIpc) is 2.26. The first-order chi connectivity index (χ1) is 7.61. The van der Waals surface area contributed by atoms with E-state index in [1.54, 1.807) is 6.92 Å². The van der Waals surface area contributed by atoms with E-state index in [9.17, 15) is 9.59 Å². The second-order valence-electron chi connectivity index (χ2n) is 3.57. The van der Waals surface area contributed by atoms with Crippen molar-refractivity contribution >= 4 is 11.9 Å². The van der Waals surface area contributed by atoms with Crippen molar-refractivity contribution in [2.45, 2.75) is 39.7 Å². The molecule has 1 atom stereocenters. The van der Waals surface area contributed by atoms with Crippen LogP contribution in [0.2, 0.25) is 0 Å². The highest BCUT2D eigenvalue weighted by molar-refractivity contribution is 5.82. The second kappa shape index (κ2) is 9.15. The van der Waals surface area contributed by atoms with Crippen LogP contribution in [0.1, 0.15) is 33.6 Å². The number of ether oxygens (including phenoxy) is 1. The Bertz CT molecular complexity index is 219. The first-order valence-electron chi connectivity index (χ1n) is 5.78. The summed E-state index contributed by atoms with van der Waals surface area (Å²) < 4.78 is 4.94. The van der Waals surface area contributed by atoms with Crippen LogP contribution in [-0.4, -0.2) is 37.6 Å². The minimum atomic E-state index is -0.376. The fraction of sp³-hybridized carbons (Fsp3) is 0.818. The van der Waals surface area contributed by atoms with E-state index in [1.807, 2.05) is 13.8 Å². The van der Waals surface area contributed by atoms with Gasteiger partial charge in [-0.25, -0.2) is 0 Å². The number of carbonyl (C=O) groups is 2. The Morgan fingerprint density at radius 3 is 2.56 bits per heavy atom. The van der Waals surface area contributed by atoms with Gasteiger partial charge in [0.15, 0.2) is 0 Å². The van der Waals surface area contributed by atoms with Crippen molar-refractivity contribution in [2.24, 2.45) is 0 Å². The highest BCUT2D eigenvalue weighted by Crippen LogP contribution is 1.89. The molecule has 0 aromatic rings. The largest absolute Gasteiger partial charge is 0.465 e.